The van der Waals surface area contributed by atoms with Gasteiger partial charge in [0.05, 0.1) is 17.7 Å². The van der Waals surface area contributed by atoms with Crippen LogP contribution in [-0.4, -0.2) is 28.7 Å². The minimum atomic E-state index is -3.75. The topological polar surface area (TPSA) is 64.6 Å². The highest BCUT2D eigenvalue weighted by Gasteiger charge is 2.22. The molecule has 0 aromatic heterocycles. The lowest BCUT2D eigenvalue weighted by Crippen LogP contribution is -2.26. The molecule has 0 amide bonds. The average Bonchev–Trinajstić information content (AvgIpc) is 2.61. The van der Waals surface area contributed by atoms with Crippen molar-refractivity contribution in [3.63, 3.8) is 0 Å². The van der Waals surface area contributed by atoms with Gasteiger partial charge in [0, 0.05) is 18.2 Å². The zero-order valence-electron chi connectivity index (χ0n) is 14.5. The van der Waals surface area contributed by atoms with E-state index in [0.29, 0.717) is 22.5 Å². The largest absolute Gasteiger partial charge is 0.494 e. The number of methoxy groups -OCH3 is 1. The summed E-state index contributed by atoms with van der Waals surface area (Å²) in [5, 5.41) is 0.304. The summed E-state index contributed by atoms with van der Waals surface area (Å²) in [5.41, 5.74) is 1.08. The lowest BCUT2D eigenvalue weighted by Gasteiger charge is -2.14. The van der Waals surface area contributed by atoms with Crippen LogP contribution in [0.25, 0.3) is 0 Å². The van der Waals surface area contributed by atoms with Crippen LogP contribution in [0.5, 0.6) is 5.75 Å². The van der Waals surface area contributed by atoms with Crippen LogP contribution in [0.15, 0.2) is 51.8 Å². The summed E-state index contributed by atoms with van der Waals surface area (Å²) in [6, 6.07) is 12.8. The second-order valence-electron chi connectivity index (χ2n) is 5.59. The van der Waals surface area contributed by atoms with Crippen LogP contribution >= 0.6 is 27.5 Å². The SMILES string of the molecule is COc1c(Br)cc(Cl)cc1S(=O)(=O)NCCCOC(C)c1ccccc1. The Balaban J connectivity index is 1.89. The Morgan fingerprint density at radius 1 is 1.23 bits per heavy atom. The van der Waals surface area contributed by atoms with Crippen LogP contribution in [0, 0.1) is 0 Å². The number of benzene rings is 2. The van der Waals surface area contributed by atoms with Crippen LogP contribution < -0.4 is 9.46 Å². The molecule has 2 aromatic rings. The molecule has 0 fully saturated rings. The van der Waals surface area contributed by atoms with Crippen LogP contribution in [0.4, 0.5) is 0 Å². The predicted octanol–water partition coefficient (Wildman–Crippen LogP) is 4.56. The Bertz CT molecular complexity index is 831. The molecule has 5 nitrogen and oxygen atoms in total. The van der Waals surface area contributed by atoms with Crippen molar-refractivity contribution >= 4 is 37.6 Å². The van der Waals surface area contributed by atoms with Crippen molar-refractivity contribution in [2.75, 3.05) is 20.3 Å². The maximum atomic E-state index is 12.5. The summed E-state index contributed by atoms with van der Waals surface area (Å²) in [5.74, 6) is 0.218. The standard InChI is InChI=1S/C18H21BrClNO4S/c1-13(14-7-4-3-5-8-14)25-10-6-9-21-26(22,23)17-12-15(20)11-16(19)18(17)24-2/h3-5,7-8,11-13,21H,6,9-10H2,1-2H3. The van der Waals surface area contributed by atoms with Crippen LogP contribution in [0.3, 0.4) is 0 Å². The highest BCUT2D eigenvalue weighted by molar-refractivity contribution is 9.10. The highest BCUT2D eigenvalue weighted by atomic mass is 79.9. The van der Waals surface area contributed by atoms with Gasteiger partial charge >= 0.3 is 0 Å². The molecule has 0 bridgehead atoms. The van der Waals surface area contributed by atoms with E-state index in [1.807, 2.05) is 37.3 Å². The first-order chi connectivity index (χ1) is 12.3. The van der Waals surface area contributed by atoms with Crippen LogP contribution in [-0.2, 0) is 14.8 Å². The molecule has 0 radical (unpaired) electrons. The molecule has 2 rings (SSSR count). The summed E-state index contributed by atoms with van der Waals surface area (Å²) in [4.78, 5) is -0.00190. The molecule has 8 heteroatoms. The van der Waals surface area contributed by atoms with Gasteiger partial charge in [0.15, 0.2) is 5.75 Å². The minimum absolute atomic E-state index is 0.00190. The van der Waals surface area contributed by atoms with E-state index in [-0.39, 0.29) is 23.3 Å². The Morgan fingerprint density at radius 2 is 1.92 bits per heavy atom. The zero-order chi connectivity index (χ0) is 19.2. The van der Waals surface area contributed by atoms with Gasteiger partial charge in [-0.2, -0.15) is 0 Å². The third kappa shape index (κ3) is 5.69. The maximum Gasteiger partial charge on any atom is 0.244 e. The van der Waals surface area contributed by atoms with Crippen molar-refractivity contribution < 1.29 is 17.9 Å². The predicted molar refractivity (Wildman–Crippen MR) is 106 cm³/mol. The molecule has 0 aliphatic rings. The van der Waals surface area contributed by atoms with E-state index in [4.69, 9.17) is 21.1 Å². The van der Waals surface area contributed by atoms with Gasteiger partial charge < -0.3 is 9.47 Å². The van der Waals surface area contributed by atoms with Crippen LogP contribution in [0.2, 0.25) is 5.02 Å². The first-order valence-electron chi connectivity index (χ1n) is 8.04. The maximum absolute atomic E-state index is 12.5. The molecule has 2 aromatic carbocycles. The monoisotopic (exact) mass is 461 g/mol. The lowest BCUT2D eigenvalue weighted by atomic mass is 10.1. The molecule has 0 aliphatic heterocycles. The number of ether oxygens (including phenoxy) is 2. The van der Waals surface area contributed by atoms with Gasteiger partial charge in [-0.1, -0.05) is 41.9 Å². The molecular weight excluding hydrogens is 442 g/mol. The molecule has 26 heavy (non-hydrogen) atoms. The summed E-state index contributed by atoms with van der Waals surface area (Å²) in [6.45, 7) is 2.65. The molecule has 1 N–H and O–H groups in total. The van der Waals surface area contributed by atoms with Gasteiger partial charge in [-0.3, -0.25) is 0 Å². The van der Waals surface area contributed by atoms with Gasteiger partial charge in [0.25, 0.3) is 0 Å². The second kappa shape index (κ2) is 9.71. The Hall–Kier alpha value is -1.12. The Labute approximate surface area is 167 Å². The molecule has 0 spiro atoms. The van der Waals surface area contributed by atoms with Crippen molar-refractivity contribution in [2.45, 2.75) is 24.3 Å². The van der Waals surface area contributed by atoms with E-state index >= 15 is 0 Å². The van der Waals surface area contributed by atoms with Gasteiger partial charge in [-0.25, -0.2) is 13.1 Å². The van der Waals surface area contributed by atoms with E-state index in [9.17, 15) is 8.42 Å². The van der Waals surface area contributed by atoms with Crippen molar-refractivity contribution in [1.29, 1.82) is 0 Å². The summed E-state index contributed by atoms with van der Waals surface area (Å²) >= 11 is 9.22. The van der Waals surface area contributed by atoms with Crippen molar-refractivity contribution in [1.82, 2.24) is 4.72 Å². The first-order valence-corrected chi connectivity index (χ1v) is 10.7. The van der Waals surface area contributed by atoms with Gasteiger partial charge in [-0.05, 0) is 47.0 Å². The van der Waals surface area contributed by atoms with E-state index in [0.717, 1.165) is 5.56 Å². The normalized spacial score (nSPS) is 12.8. The minimum Gasteiger partial charge on any atom is -0.494 e. The van der Waals surface area contributed by atoms with Crippen LogP contribution in [0.1, 0.15) is 25.0 Å². The highest BCUT2D eigenvalue weighted by Crippen LogP contribution is 2.35. The lowest BCUT2D eigenvalue weighted by molar-refractivity contribution is 0.0647. The van der Waals surface area contributed by atoms with Gasteiger partial charge in [0.2, 0.25) is 10.0 Å². The fourth-order valence-electron chi connectivity index (χ4n) is 2.37. The number of rotatable bonds is 9. The molecule has 142 valence electrons. The van der Waals surface area contributed by atoms with Gasteiger partial charge in [0.1, 0.15) is 4.90 Å². The van der Waals surface area contributed by atoms with Crippen molar-refractivity contribution in [2.24, 2.45) is 0 Å². The van der Waals surface area contributed by atoms with E-state index in [1.165, 1.54) is 13.2 Å². The number of nitrogens with one attached hydrogen (secondary N) is 1. The van der Waals surface area contributed by atoms with Gasteiger partial charge in [-0.15, -0.1) is 0 Å². The molecule has 0 saturated carbocycles. The second-order valence-corrected chi connectivity index (χ2v) is 8.62. The molecule has 1 atom stereocenters. The van der Waals surface area contributed by atoms with E-state index < -0.39 is 10.0 Å². The smallest absolute Gasteiger partial charge is 0.244 e. The molecule has 0 aliphatic carbocycles. The molecule has 1 unspecified atom stereocenters. The summed E-state index contributed by atoms with van der Waals surface area (Å²) in [6.07, 6.45) is 0.497. The van der Waals surface area contributed by atoms with E-state index in [1.54, 1.807) is 6.07 Å². The fraction of sp³-hybridized carbons (Fsp3) is 0.333. The molecule has 0 heterocycles. The Kier molecular flexibility index (Phi) is 7.91. The summed E-state index contributed by atoms with van der Waals surface area (Å²) in [7, 11) is -2.34. The van der Waals surface area contributed by atoms with Crippen molar-refractivity contribution in [3.8, 4) is 5.75 Å². The number of hydrogen-bond donors (Lipinski definition) is 1. The molecular formula is C18H21BrClNO4S. The zero-order valence-corrected chi connectivity index (χ0v) is 17.7. The third-order valence-electron chi connectivity index (χ3n) is 3.72. The quantitative estimate of drug-likeness (QED) is 0.555. The van der Waals surface area contributed by atoms with E-state index in [2.05, 4.69) is 20.7 Å². The van der Waals surface area contributed by atoms with Crippen molar-refractivity contribution in [3.05, 3.63) is 57.5 Å². The number of hydrogen-bond acceptors (Lipinski definition) is 4. The molecule has 0 saturated heterocycles. The number of halogens is 2. The Morgan fingerprint density at radius 3 is 2.58 bits per heavy atom. The third-order valence-corrected chi connectivity index (χ3v) is 5.99. The fourth-order valence-corrected chi connectivity index (χ4v) is 4.83. The number of sulfonamides is 1. The first kappa shape index (κ1) is 21.2. The summed E-state index contributed by atoms with van der Waals surface area (Å²) < 4.78 is 39.0. The average molecular weight is 463 g/mol.